The smallest absolute Gasteiger partial charge is 0.226 e. The van der Waals surface area contributed by atoms with Crippen molar-refractivity contribution in [2.45, 2.75) is 83.2 Å². The number of fused-ring (bicyclic) bond motifs is 1. The second kappa shape index (κ2) is 6.59. The second-order valence-corrected chi connectivity index (χ2v) is 13.4. The lowest BCUT2D eigenvalue weighted by molar-refractivity contribution is -0.0955. The second-order valence-electron chi connectivity index (χ2n) is 13.4. The summed E-state index contributed by atoms with van der Waals surface area (Å²) in [6.07, 6.45) is 9.11. The van der Waals surface area contributed by atoms with Crippen LogP contribution in [0.4, 0.5) is 5.95 Å². The third-order valence-electron chi connectivity index (χ3n) is 11.5. The molecule has 1 N–H and O–H groups in total. The van der Waals surface area contributed by atoms with Gasteiger partial charge in [-0.3, -0.25) is 4.90 Å². The van der Waals surface area contributed by atoms with Crippen LogP contribution in [0, 0.1) is 36.5 Å². The average molecular weight is 471 g/mol. The maximum absolute atomic E-state index is 10.7. The maximum Gasteiger partial charge on any atom is 0.226 e. The number of hydrogen-bond acceptors (Lipinski definition) is 5. The van der Waals surface area contributed by atoms with E-state index in [2.05, 4.69) is 48.8 Å². The third-order valence-corrected chi connectivity index (χ3v) is 11.5. The van der Waals surface area contributed by atoms with Gasteiger partial charge in [0.1, 0.15) is 5.75 Å². The summed E-state index contributed by atoms with van der Waals surface area (Å²) in [7, 11) is 0. The first kappa shape index (κ1) is 21.0. The van der Waals surface area contributed by atoms with E-state index in [9.17, 15) is 5.11 Å². The van der Waals surface area contributed by atoms with Gasteiger partial charge >= 0.3 is 0 Å². The largest absolute Gasteiger partial charge is 0.508 e. The molecule has 1 aromatic carbocycles. The summed E-state index contributed by atoms with van der Waals surface area (Å²) in [6, 6.07) is 9.63. The van der Waals surface area contributed by atoms with Gasteiger partial charge in [0.05, 0.1) is 0 Å². The Kier molecular flexibility index (Phi) is 3.95. The van der Waals surface area contributed by atoms with E-state index in [0.717, 1.165) is 23.9 Å². The van der Waals surface area contributed by atoms with E-state index in [0.29, 0.717) is 40.5 Å². The van der Waals surface area contributed by atoms with Gasteiger partial charge in [-0.15, -0.1) is 0 Å². The van der Waals surface area contributed by atoms with Gasteiger partial charge in [-0.1, -0.05) is 13.0 Å². The molecule has 3 saturated carbocycles. The van der Waals surface area contributed by atoms with Crippen molar-refractivity contribution in [3.05, 3.63) is 46.8 Å². The topological polar surface area (TPSA) is 52.5 Å². The Balaban J connectivity index is 1.27. The number of phenolic OH excluding ortho intramolecular Hbond substituents is 1. The van der Waals surface area contributed by atoms with Crippen molar-refractivity contribution in [1.29, 1.82) is 0 Å². The summed E-state index contributed by atoms with van der Waals surface area (Å²) in [5.41, 5.74) is 6.26. The highest BCUT2D eigenvalue weighted by molar-refractivity contribution is 5.53. The van der Waals surface area contributed by atoms with E-state index >= 15 is 0 Å². The van der Waals surface area contributed by atoms with Gasteiger partial charge in [-0.2, -0.15) is 0 Å². The van der Waals surface area contributed by atoms with Crippen LogP contribution in [0.15, 0.2) is 24.3 Å². The Morgan fingerprint density at radius 3 is 2.63 bits per heavy atom. The number of benzene rings is 1. The van der Waals surface area contributed by atoms with Crippen molar-refractivity contribution in [3.63, 3.8) is 0 Å². The molecule has 35 heavy (non-hydrogen) atoms. The zero-order valence-corrected chi connectivity index (χ0v) is 21.4. The summed E-state index contributed by atoms with van der Waals surface area (Å²) in [4.78, 5) is 15.4. The molecule has 3 heterocycles. The zero-order valence-electron chi connectivity index (χ0n) is 21.4. The zero-order chi connectivity index (χ0) is 23.7. The highest BCUT2D eigenvalue weighted by Gasteiger charge is 2.76. The molecule has 6 aliphatic rings. The average Bonchev–Trinajstić information content (AvgIpc) is 3.34. The molecule has 2 aliphatic heterocycles. The summed E-state index contributed by atoms with van der Waals surface area (Å²) in [5, 5.41) is 10.7. The van der Waals surface area contributed by atoms with Gasteiger partial charge in [-0.05, 0) is 117 Å². The van der Waals surface area contributed by atoms with Crippen LogP contribution < -0.4 is 4.90 Å². The molecule has 0 amide bonds. The van der Waals surface area contributed by atoms with Crippen molar-refractivity contribution < 1.29 is 5.11 Å². The van der Waals surface area contributed by atoms with Crippen LogP contribution in [-0.2, 0) is 11.8 Å². The van der Waals surface area contributed by atoms with Crippen LogP contribution in [0.2, 0.25) is 0 Å². The fourth-order valence-electron chi connectivity index (χ4n) is 10.2. The monoisotopic (exact) mass is 470 g/mol. The van der Waals surface area contributed by atoms with Crippen molar-refractivity contribution in [1.82, 2.24) is 14.9 Å². The lowest BCUT2D eigenvalue weighted by Gasteiger charge is -2.66. The number of aromatic nitrogens is 2. The molecule has 0 radical (unpaired) electrons. The highest BCUT2D eigenvalue weighted by Crippen LogP contribution is 2.75. The van der Waals surface area contributed by atoms with Crippen LogP contribution in [0.3, 0.4) is 0 Å². The number of likely N-dealkylation sites (tertiary alicyclic amines) is 1. The molecule has 8 rings (SSSR count). The minimum absolute atomic E-state index is 0.187. The van der Waals surface area contributed by atoms with Gasteiger partial charge < -0.3 is 10.0 Å². The predicted octanol–water partition coefficient (Wildman–Crippen LogP) is 4.77. The normalized spacial score (nSPS) is 39.9. The Morgan fingerprint density at radius 1 is 1.06 bits per heavy atom. The summed E-state index contributed by atoms with van der Waals surface area (Å²) < 4.78 is 0. The van der Waals surface area contributed by atoms with E-state index in [1.54, 1.807) is 0 Å². The molecule has 2 aromatic rings. The fraction of sp³-hybridized carbons (Fsp3) is 0.667. The van der Waals surface area contributed by atoms with Gasteiger partial charge in [0, 0.05) is 42.0 Å². The van der Waals surface area contributed by atoms with Crippen LogP contribution in [0.25, 0.3) is 0 Å². The molecule has 4 aliphatic carbocycles. The summed E-state index contributed by atoms with van der Waals surface area (Å²) in [6.45, 7) is 10.3. The van der Waals surface area contributed by atoms with E-state index in [1.807, 2.05) is 6.07 Å². The minimum Gasteiger partial charge on any atom is -0.508 e. The number of nitrogens with zero attached hydrogens (tertiary/aromatic N) is 4. The number of aromatic hydroxyl groups is 1. The Labute approximate surface area is 209 Å². The standard InChI is InChI=1S/C30H38N4O/c1-18-12-19(2)32-27(31-18)34-16-21-15-29-7-6-24(34)26(21)30(29)10-11-33(17-28(3)8-9-28)25(29)13-20-4-5-22(35)14-23(20)30/h4-5,12,14,21,24-26,35H,6-11,13,15-17H2,1-3H3/t21-,24?,25?,26?,29?,30?/m1/s1. The molecule has 5 nitrogen and oxygen atoms in total. The number of hydrogen-bond donors (Lipinski definition) is 1. The van der Waals surface area contributed by atoms with Crippen molar-refractivity contribution in [2.75, 3.05) is 24.5 Å². The Bertz CT molecular complexity index is 1220. The van der Waals surface area contributed by atoms with Gasteiger partial charge in [0.25, 0.3) is 0 Å². The van der Waals surface area contributed by atoms with Gasteiger partial charge in [-0.25, -0.2) is 9.97 Å². The summed E-state index contributed by atoms with van der Waals surface area (Å²) in [5.74, 6) is 2.74. The summed E-state index contributed by atoms with van der Waals surface area (Å²) >= 11 is 0. The molecule has 5 heteroatoms. The van der Waals surface area contributed by atoms with E-state index in [1.165, 1.54) is 69.2 Å². The molecular formula is C30H38N4O. The van der Waals surface area contributed by atoms with Crippen molar-refractivity contribution in [3.8, 4) is 5.75 Å². The number of rotatable bonds is 3. The van der Waals surface area contributed by atoms with E-state index in [-0.39, 0.29) is 5.41 Å². The maximum atomic E-state index is 10.7. The van der Waals surface area contributed by atoms with Crippen molar-refractivity contribution >= 4 is 5.95 Å². The first-order valence-corrected chi connectivity index (χ1v) is 14.0. The van der Waals surface area contributed by atoms with Gasteiger partial charge in [0.2, 0.25) is 5.95 Å². The molecule has 6 atom stereocenters. The highest BCUT2D eigenvalue weighted by atomic mass is 16.3. The fourth-order valence-corrected chi connectivity index (χ4v) is 10.2. The van der Waals surface area contributed by atoms with Crippen LogP contribution in [-0.4, -0.2) is 51.7 Å². The van der Waals surface area contributed by atoms with E-state index in [4.69, 9.17) is 9.97 Å². The van der Waals surface area contributed by atoms with Gasteiger partial charge in [0.15, 0.2) is 0 Å². The first-order chi connectivity index (χ1) is 16.8. The molecule has 4 bridgehead atoms. The van der Waals surface area contributed by atoms with Crippen molar-refractivity contribution in [2.24, 2.45) is 22.7 Å². The first-order valence-electron chi connectivity index (χ1n) is 14.0. The number of phenols is 1. The Morgan fingerprint density at radius 2 is 1.86 bits per heavy atom. The molecule has 5 unspecified atom stereocenters. The number of anilines is 1. The molecular weight excluding hydrogens is 432 g/mol. The van der Waals surface area contributed by atoms with Crippen LogP contribution in [0.1, 0.15) is 68.0 Å². The molecule has 2 saturated heterocycles. The molecule has 5 fully saturated rings. The lowest BCUT2D eigenvalue weighted by atomic mass is 9.43. The lowest BCUT2D eigenvalue weighted by Crippen LogP contribution is -2.70. The van der Waals surface area contributed by atoms with Crippen LogP contribution in [0.5, 0.6) is 5.75 Å². The van der Waals surface area contributed by atoms with Crippen LogP contribution >= 0.6 is 0 Å². The number of piperidine rings is 1. The third kappa shape index (κ3) is 2.58. The quantitative estimate of drug-likeness (QED) is 0.700. The minimum atomic E-state index is 0.187. The molecule has 0 spiro atoms. The van der Waals surface area contributed by atoms with E-state index < -0.39 is 0 Å². The number of aryl methyl sites for hydroxylation is 2. The molecule has 184 valence electrons. The Hall–Kier alpha value is -2.14. The molecule has 1 aromatic heterocycles. The SMILES string of the molecule is Cc1cc(C)nc(N2C[C@H]3CC45CCC2C3C42CCN(CC3(C)CC3)C5Cc3ccc(O)cc32)n1. The predicted molar refractivity (Wildman–Crippen MR) is 137 cm³/mol.